The number of phenolic OH excluding ortho intramolecular Hbond substituents is 1. The van der Waals surface area contributed by atoms with Crippen LogP contribution in [0.5, 0.6) is 17.2 Å². The fourth-order valence-electron chi connectivity index (χ4n) is 16.5. The van der Waals surface area contributed by atoms with Gasteiger partial charge in [-0.3, -0.25) is 0 Å². The van der Waals surface area contributed by atoms with Gasteiger partial charge in [0.15, 0.2) is 147 Å². The summed E-state index contributed by atoms with van der Waals surface area (Å²) in [6, 6.07) is 39.2. The van der Waals surface area contributed by atoms with Crippen LogP contribution in [-0.4, -0.2) is 246 Å². The predicted molar refractivity (Wildman–Crippen MR) is 395 cm³/mol. The number of esters is 5. The van der Waals surface area contributed by atoms with E-state index >= 15 is 0 Å². The van der Waals surface area contributed by atoms with Gasteiger partial charge in [0.2, 0.25) is 5.79 Å². The number of fused-ring (bicyclic) bond motifs is 13. The van der Waals surface area contributed by atoms with Gasteiger partial charge < -0.3 is 135 Å². The van der Waals surface area contributed by atoms with Crippen LogP contribution in [0.25, 0.3) is 6.08 Å². The number of hydrogen-bond donors (Lipinski definition) is 7. The fourth-order valence-corrected chi connectivity index (χ4v) is 16.5. The van der Waals surface area contributed by atoms with Crippen molar-refractivity contribution in [2.24, 2.45) is 0 Å². The molecule has 14 heterocycles. The molecule has 14 aliphatic rings. The summed E-state index contributed by atoms with van der Waals surface area (Å²) in [5.41, 5.74) is 5.09. The van der Waals surface area contributed by atoms with Crippen LogP contribution < -0.4 is 9.47 Å². The SMILES string of the molecule is CC1(c2ccccc2)OC2OC3C(O)C(=O)OC3C2O1.CCCCCCCCCCCCCCOC1OC2C(O)C(=O)OC2C1O.COc1cc(/C=C/C2OC3OC4C(O)C(=O)OC4C3O2)ccc1O.COc1cc(C2OC3OC4C(O)C(=O)OC4C3O2)ccc1C.O=C1OC2C3OC(c4ccccc4)(c4ccccc4)OC3OC2C1O. The number of carbonyl (C=O) groups is 5. The lowest BCUT2D eigenvalue weighted by Gasteiger charge is -2.30. The number of hydrogen-bond acceptors (Lipinski definition) is 33. The molecule has 632 valence electrons. The minimum Gasteiger partial charge on any atom is -0.504 e. The number of aliphatic hydroxyl groups excluding tert-OH is 6. The Labute approximate surface area is 672 Å². The average molecular weight is 1640 g/mol. The van der Waals surface area contributed by atoms with E-state index in [0.29, 0.717) is 12.4 Å². The molecule has 0 spiro atoms. The van der Waals surface area contributed by atoms with Gasteiger partial charge in [0.1, 0.15) is 42.4 Å². The maximum atomic E-state index is 11.6. The highest BCUT2D eigenvalue weighted by molar-refractivity contribution is 5.80. The van der Waals surface area contributed by atoms with Crippen LogP contribution in [0.4, 0.5) is 0 Å². The standard InChI is InChI=1S/C20H36O6.C19H16O6.C16H16O8.C15H16O7.C14H14O6/c1-2-3-4-5-6-7-8-9-10-11-12-13-14-24-20-16(22)18-17(26-20)15(21)19(23)25-18;20-13-14-15(22-17(13)21)16-18(23-14)25-19(24-16,11-7-3-1-4-8-11)12-9-5-2-6-10-12;1-20-9-6-7(2-4-8(9)17)3-5-10-21-14-13-12(24-16(14)22-10)11(18)15(19)23-13;1-6-3-4-7(5-8(6)18-2)14-21-12-11-10(20-15(12)22-14)9(16)13(17)19-11;1-14(7-5-3-2-4-6-7)19-11-10-9(18-13(11)20-14)8(15)12(16)17-10/h15-18,20-22H,2-14H2,1H3;1-10,13-16,18,20H;2-6,10-14,16-18H,1H3;3-5,9-12,14-16H,1-2H3;2-6,8-11,13,15H,1H3/b;;5-3+;;. The molecule has 0 amide bonds. The van der Waals surface area contributed by atoms with Gasteiger partial charge in [0, 0.05) is 28.9 Å². The molecule has 0 bridgehead atoms. The first-order chi connectivity index (χ1) is 56.6. The molecule has 7 N–H and O–H groups in total. The van der Waals surface area contributed by atoms with Crippen molar-refractivity contribution in [2.75, 3.05) is 20.8 Å². The van der Waals surface area contributed by atoms with Gasteiger partial charge in [-0.25, -0.2) is 24.0 Å². The van der Waals surface area contributed by atoms with Gasteiger partial charge in [-0.15, -0.1) is 0 Å². The third kappa shape index (κ3) is 17.3. The zero-order chi connectivity index (χ0) is 82.0. The van der Waals surface area contributed by atoms with Gasteiger partial charge in [-0.05, 0) is 55.7 Å². The number of ether oxygens (including phenoxy) is 21. The molecule has 0 aliphatic carbocycles. The summed E-state index contributed by atoms with van der Waals surface area (Å²) in [5, 5.41) is 68.1. The van der Waals surface area contributed by atoms with Crippen molar-refractivity contribution < 1.29 is 159 Å². The van der Waals surface area contributed by atoms with Gasteiger partial charge in [0.25, 0.3) is 0 Å². The van der Waals surface area contributed by atoms with Gasteiger partial charge >= 0.3 is 29.8 Å². The normalized spacial score (nSPS) is 37.3. The molecule has 0 saturated carbocycles. The zero-order valence-electron chi connectivity index (χ0n) is 64.8. The quantitative estimate of drug-likeness (QED) is 0.0263. The van der Waals surface area contributed by atoms with Gasteiger partial charge in [0.05, 0.1) is 14.2 Å². The number of carbonyl (C=O) groups excluding carboxylic acids is 5. The second kappa shape index (κ2) is 36.4. The van der Waals surface area contributed by atoms with Crippen LogP contribution in [0.15, 0.2) is 133 Å². The number of unbranched alkanes of at least 4 members (excludes halogenated alkanes) is 11. The predicted octanol–water partition coefficient (Wildman–Crippen LogP) is 5.27. The van der Waals surface area contributed by atoms with Crippen LogP contribution in [-0.2, 0) is 126 Å². The first-order valence-electron chi connectivity index (χ1n) is 39.8. The number of methoxy groups -OCH3 is 2. The lowest BCUT2D eigenvalue weighted by atomic mass is 9.97. The lowest BCUT2D eigenvalue weighted by Crippen LogP contribution is -2.37. The van der Waals surface area contributed by atoms with Crippen molar-refractivity contribution in [1.82, 2.24) is 0 Å². The number of benzene rings is 5. The topological polar surface area (TPSA) is 421 Å². The fraction of sp³-hybridized carbons (Fsp3) is 0.560. The number of aromatic hydroxyl groups is 1. The van der Waals surface area contributed by atoms with Crippen LogP contribution in [0.3, 0.4) is 0 Å². The molecule has 5 aromatic carbocycles. The second-order valence-corrected chi connectivity index (χ2v) is 30.6. The number of phenols is 1. The molecular weight excluding hydrogens is 1540 g/mol. The largest absolute Gasteiger partial charge is 0.504 e. The van der Waals surface area contributed by atoms with E-state index in [2.05, 4.69) is 6.92 Å². The van der Waals surface area contributed by atoms with Crippen molar-refractivity contribution in [1.29, 1.82) is 0 Å². The van der Waals surface area contributed by atoms with Crippen molar-refractivity contribution >= 4 is 35.9 Å². The molecule has 14 saturated heterocycles. The first-order valence-corrected chi connectivity index (χ1v) is 39.8. The molecule has 0 radical (unpaired) electrons. The average Bonchev–Trinajstić information content (AvgIpc) is 1.57. The summed E-state index contributed by atoms with van der Waals surface area (Å²) in [5.74, 6) is -4.42. The van der Waals surface area contributed by atoms with Crippen molar-refractivity contribution in [3.05, 3.63) is 167 Å². The Kier molecular flexibility index (Phi) is 26.1. The highest BCUT2D eigenvalue weighted by Gasteiger charge is 2.68. The molecule has 14 fully saturated rings. The van der Waals surface area contributed by atoms with Gasteiger partial charge in [-0.2, -0.15) is 0 Å². The Balaban J connectivity index is 0.000000115. The van der Waals surface area contributed by atoms with Crippen LogP contribution in [0.1, 0.15) is 131 Å². The van der Waals surface area contributed by atoms with Crippen LogP contribution >= 0.6 is 0 Å². The molecule has 5 aromatic rings. The molecule has 0 aromatic heterocycles. The third-order valence-electron chi connectivity index (χ3n) is 22.7. The van der Waals surface area contributed by atoms with E-state index in [-0.39, 0.29) is 5.75 Å². The molecule has 28 unspecified atom stereocenters. The van der Waals surface area contributed by atoms with E-state index in [1.807, 2.05) is 116 Å². The summed E-state index contributed by atoms with van der Waals surface area (Å²) in [4.78, 5) is 57.0. The Bertz CT molecular complexity index is 4230. The van der Waals surface area contributed by atoms with Crippen LogP contribution in [0, 0.1) is 6.92 Å². The molecule has 19 rings (SSSR count). The van der Waals surface area contributed by atoms with Crippen molar-refractivity contribution in [3.63, 3.8) is 0 Å². The Morgan fingerprint density at radius 1 is 0.402 bits per heavy atom. The van der Waals surface area contributed by atoms with E-state index < -0.39 is 208 Å². The Morgan fingerprint density at radius 3 is 1.36 bits per heavy atom. The Hall–Kier alpha value is -8.21. The number of aryl methyl sites for hydroxylation is 1. The molecule has 33 nitrogen and oxygen atoms in total. The summed E-state index contributed by atoms with van der Waals surface area (Å²) < 4.78 is 116. The Morgan fingerprint density at radius 2 is 0.846 bits per heavy atom. The summed E-state index contributed by atoms with van der Waals surface area (Å²) in [6.45, 7) is 6.50. The summed E-state index contributed by atoms with van der Waals surface area (Å²) >= 11 is 0. The maximum Gasteiger partial charge on any atom is 0.338 e. The minimum atomic E-state index is -1.32. The number of aliphatic hydroxyl groups is 6. The maximum absolute atomic E-state index is 11.6. The van der Waals surface area contributed by atoms with E-state index in [0.717, 1.165) is 52.0 Å². The minimum absolute atomic E-state index is 0.0543. The van der Waals surface area contributed by atoms with Crippen LogP contribution in [0.2, 0.25) is 0 Å². The van der Waals surface area contributed by atoms with Gasteiger partial charge in [-0.1, -0.05) is 193 Å². The molecular formula is C84H98O33. The monoisotopic (exact) mass is 1630 g/mol. The zero-order valence-corrected chi connectivity index (χ0v) is 64.8. The highest BCUT2D eigenvalue weighted by Crippen LogP contribution is 2.52. The first kappa shape index (κ1) is 83.8. The molecule has 117 heavy (non-hydrogen) atoms. The lowest BCUT2D eigenvalue weighted by molar-refractivity contribution is -0.231. The van der Waals surface area contributed by atoms with E-state index in [1.54, 1.807) is 38.3 Å². The third-order valence-corrected chi connectivity index (χ3v) is 22.7. The summed E-state index contributed by atoms with van der Waals surface area (Å²) in [7, 11) is 3.07. The van der Waals surface area contributed by atoms with Crippen molar-refractivity contribution in [2.45, 2.75) is 276 Å². The van der Waals surface area contributed by atoms with E-state index in [1.165, 1.54) is 77.4 Å². The smallest absolute Gasteiger partial charge is 0.338 e. The molecule has 14 aliphatic heterocycles. The molecule has 28 atom stereocenters. The van der Waals surface area contributed by atoms with E-state index in [9.17, 15) is 59.7 Å². The summed E-state index contributed by atoms with van der Waals surface area (Å²) in [6.07, 6.45) is -2.95. The second-order valence-electron chi connectivity index (χ2n) is 30.6. The molecule has 33 heteroatoms. The van der Waals surface area contributed by atoms with E-state index in [4.69, 9.17) is 99.5 Å². The number of rotatable bonds is 22. The highest BCUT2D eigenvalue weighted by atomic mass is 16.9. The van der Waals surface area contributed by atoms with Crippen molar-refractivity contribution in [3.8, 4) is 17.2 Å².